The Kier molecular flexibility index (Phi) is 6.05. The monoisotopic (exact) mass is 368 g/mol. The topological polar surface area (TPSA) is 77.4 Å². The van der Waals surface area contributed by atoms with Crippen molar-refractivity contribution in [3.05, 3.63) is 27.2 Å². The minimum Gasteiger partial charge on any atom is -0.363 e. The standard InChI is InChI=1S/C16H24N6O2.ClH/c1-19-9-6-4-5-7-12(19)17-8-10-22-11-18-14-13(22)15(23)21(3)16(24)20(14)2;/h11H,4-10H2,1-3H3;1H. The average Bonchev–Trinajstić information content (AvgIpc) is 2.89. The Morgan fingerprint density at radius 1 is 1.12 bits per heavy atom. The van der Waals surface area contributed by atoms with Gasteiger partial charge in [0, 0.05) is 40.7 Å². The lowest BCUT2D eigenvalue weighted by atomic mass is 10.2. The molecule has 3 rings (SSSR count). The summed E-state index contributed by atoms with van der Waals surface area (Å²) in [6.45, 7) is 2.22. The number of aliphatic imine (C=N–C) groups is 1. The van der Waals surface area contributed by atoms with Crippen molar-refractivity contribution in [1.29, 1.82) is 0 Å². The molecule has 1 fully saturated rings. The molecule has 0 amide bonds. The molecule has 0 spiro atoms. The van der Waals surface area contributed by atoms with Crippen LogP contribution in [0.15, 0.2) is 20.9 Å². The predicted octanol–water partition coefficient (Wildman–Crippen LogP) is 0.760. The van der Waals surface area contributed by atoms with E-state index < -0.39 is 0 Å². The zero-order valence-electron chi connectivity index (χ0n) is 14.9. The predicted molar refractivity (Wildman–Crippen MR) is 101 cm³/mol. The lowest BCUT2D eigenvalue weighted by Crippen LogP contribution is -2.37. The maximum Gasteiger partial charge on any atom is 0.332 e. The number of fused-ring (bicyclic) bond motifs is 1. The minimum absolute atomic E-state index is 0. The summed E-state index contributed by atoms with van der Waals surface area (Å²) in [6, 6.07) is 0. The van der Waals surface area contributed by atoms with Gasteiger partial charge in [-0.05, 0) is 12.8 Å². The quantitative estimate of drug-likeness (QED) is 0.801. The van der Waals surface area contributed by atoms with Crippen molar-refractivity contribution in [2.45, 2.75) is 32.2 Å². The Hall–Kier alpha value is -2.09. The first-order valence-corrected chi connectivity index (χ1v) is 8.36. The molecule has 0 bridgehead atoms. The number of aromatic nitrogens is 4. The van der Waals surface area contributed by atoms with Gasteiger partial charge in [0.1, 0.15) is 0 Å². The highest BCUT2D eigenvalue weighted by Gasteiger charge is 2.14. The number of hydrogen-bond donors (Lipinski definition) is 0. The highest BCUT2D eigenvalue weighted by Crippen LogP contribution is 2.11. The number of likely N-dealkylation sites (tertiary alicyclic amines) is 1. The summed E-state index contributed by atoms with van der Waals surface area (Å²) >= 11 is 0. The summed E-state index contributed by atoms with van der Waals surface area (Å²) in [4.78, 5) is 35.5. The van der Waals surface area contributed by atoms with Crippen LogP contribution in [-0.4, -0.2) is 49.6 Å². The fraction of sp³-hybridized carbons (Fsp3) is 0.625. The smallest absolute Gasteiger partial charge is 0.332 e. The van der Waals surface area contributed by atoms with Crippen molar-refractivity contribution in [3.8, 4) is 0 Å². The number of nitrogens with zero attached hydrogens (tertiary/aromatic N) is 6. The Morgan fingerprint density at radius 2 is 1.88 bits per heavy atom. The lowest BCUT2D eigenvalue weighted by Gasteiger charge is -2.18. The highest BCUT2D eigenvalue weighted by molar-refractivity contribution is 5.85. The lowest BCUT2D eigenvalue weighted by molar-refractivity contribution is 0.491. The van der Waals surface area contributed by atoms with Crippen LogP contribution < -0.4 is 11.2 Å². The number of imidazole rings is 1. The SMILES string of the molecule is CN1CCCCCC1=NCCn1cnc2c1c(=O)n(C)c(=O)n2C.Cl. The average molecular weight is 369 g/mol. The minimum atomic E-state index is -0.363. The van der Waals surface area contributed by atoms with Gasteiger partial charge >= 0.3 is 5.69 Å². The number of rotatable bonds is 3. The molecule has 0 atom stereocenters. The summed E-state index contributed by atoms with van der Waals surface area (Å²) in [5.41, 5.74) is 0.194. The second kappa shape index (κ2) is 7.86. The van der Waals surface area contributed by atoms with E-state index in [-0.39, 0.29) is 23.7 Å². The normalized spacial score (nSPS) is 16.9. The Morgan fingerprint density at radius 3 is 2.64 bits per heavy atom. The molecule has 0 aromatic carbocycles. The van der Waals surface area contributed by atoms with Crippen molar-refractivity contribution in [2.75, 3.05) is 20.1 Å². The molecule has 0 radical (unpaired) electrons. The van der Waals surface area contributed by atoms with Crippen molar-refractivity contribution in [2.24, 2.45) is 19.1 Å². The van der Waals surface area contributed by atoms with E-state index in [2.05, 4.69) is 16.9 Å². The third-order valence-corrected chi connectivity index (χ3v) is 4.69. The fourth-order valence-electron chi connectivity index (χ4n) is 3.18. The first kappa shape index (κ1) is 19.2. The fourth-order valence-corrected chi connectivity index (χ4v) is 3.18. The molecule has 25 heavy (non-hydrogen) atoms. The molecule has 3 heterocycles. The van der Waals surface area contributed by atoms with Gasteiger partial charge in [-0.3, -0.25) is 18.9 Å². The van der Waals surface area contributed by atoms with Gasteiger partial charge < -0.3 is 9.47 Å². The zero-order valence-corrected chi connectivity index (χ0v) is 15.8. The maximum atomic E-state index is 12.4. The molecule has 8 nitrogen and oxygen atoms in total. The largest absolute Gasteiger partial charge is 0.363 e. The number of halogens is 1. The molecule has 1 aliphatic heterocycles. The Bertz CT molecular complexity index is 894. The molecule has 2 aromatic heterocycles. The zero-order chi connectivity index (χ0) is 17.3. The van der Waals surface area contributed by atoms with Crippen LogP contribution in [0, 0.1) is 0 Å². The van der Waals surface area contributed by atoms with E-state index >= 15 is 0 Å². The summed E-state index contributed by atoms with van der Waals surface area (Å²) in [6.07, 6.45) is 6.27. The molecular weight excluding hydrogens is 344 g/mol. The molecule has 0 saturated carbocycles. The van der Waals surface area contributed by atoms with Crippen LogP contribution in [-0.2, 0) is 20.6 Å². The van der Waals surface area contributed by atoms with Crippen molar-refractivity contribution >= 4 is 29.4 Å². The van der Waals surface area contributed by atoms with Crippen molar-refractivity contribution in [1.82, 2.24) is 23.6 Å². The maximum absolute atomic E-state index is 12.4. The first-order valence-electron chi connectivity index (χ1n) is 8.36. The van der Waals surface area contributed by atoms with Gasteiger partial charge in [-0.1, -0.05) is 6.42 Å². The van der Waals surface area contributed by atoms with E-state index in [1.807, 2.05) is 0 Å². The molecule has 0 aliphatic carbocycles. The van der Waals surface area contributed by atoms with Gasteiger partial charge in [-0.15, -0.1) is 12.4 Å². The molecule has 2 aromatic rings. The van der Waals surface area contributed by atoms with E-state index in [0.29, 0.717) is 24.3 Å². The highest BCUT2D eigenvalue weighted by atomic mass is 35.5. The number of aryl methyl sites for hydroxylation is 1. The third-order valence-electron chi connectivity index (χ3n) is 4.69. The number of amidine groups is 1. The van der Waals surface area contributed by atoms with E-state index in [9.17, 15) is 9.59 Å². The number of hydrogen-bond acceptors (Lipinski definition) is 4. The van der Waals surface area contributed by atoms with Crippen molar-refractivity contribution in [3.63, 3.8) is 0 Å². The second-order valence-electron chi connectivity index (χ2n) is 6.35. The van der Waals surface area contributed by atoms with Gasteiger partial charge in [0.25, 0.3) is 5.56 Å². The second-order valence-corrected chi connectivity index (χ2v) is 6.35. The van der Waals surface area contributed by atoms with Gasteiger partial charge in [0.05, 0.1) is 18.7 Å². The van der Waals surface area contributed by atoms with E-state index in [0.717, 1.165) is 23.4 Å². The molecule has 1 saturated heterocycles. The molecule has 0 unspecified atom stereocenters. The van der Waals surface area contributed by atoms with Crippen LogP contribution in [0.4, 0.5) is 0 Å². The van der Waals surface area contributed by atoms with Gasteiger partial charge in [0.15, 0.2) is 11.2 Å². The summed E-state index contributed by atoms with van der Waals surface area (Å²) in [7, 11) is 5.20. The molecule has 1 aliphatic rings. The van der Waals surface area contributed by atoms with E-state index in [1.54, 1.807) is 17.9 Å². The van der Waals surface area contributed by atoms with Gasteiger partial charge in [0.2, 0.25) is 0 Å². The molecule has 0 N–H and O–H groups in total. The summed E-state index contributed by atoms with van der Waals surface area (Å²) in [5, 5.41) is 0. The van der Waals surface area contributed by atoms with Crippen LogP contribution in [0.5, 0.6) is 0 Å². The molecule has 9 heteroatoms. The Labute approximate surface area is 152 Å². The van der Waals surface area contributed by atoms with Crippen molar-refractivity contribution < 1.29 is 0 Å². The van der Waals surface area contributed by atoms with E-state index in [1.165, 1.54) is 30.9 Å². The molecular formula is C16H25ClN6O2. The molecule has 138 valence electrons. The van der Waals surface area contributed by atoms with Crippen LogP contribution >= 0.6 is 12.4 Å². The van der Waals surface area contributed by atoms with Gasteiger partial charge in [-0.2, -0.15) is 0 Å². The van der Waals surface area contributed by atoms with E-state index in [4.69, 9.17) is 4.99 Å². The van der Waals surface area contributed by atoms with Crippen LogP contribution in [0.3, 0.4) is 0 Å². The van der Waals surface area contributed by atoms with Crippen LogP contribution in [0.25, 0.3) is 11.2 Å². The van der Waals surface area contributed by atoms with Crippen LogP contribution in [0.1, 0.15) is 25.7 Å². The van der Waals surface area contributed by atoms with Gasteiger partial charge in [-0.25, -0.2) is 9.78 Å². The van der Waals surface area contributed by atoms with Crippen LogP contribution in [0.2, 0.25) is 0 Å². The third kappa shape index (κ3) is 3.63. The first-order chi connectivity index (χ1) is 11.5. The summed E-state index contributed by atoms with van der Waals surface area (Å²) in [5.74, 6) is 1.14. The summed E-state index contributed by atoms with van der Waals surface area (Å²) < 4.78 is 4.31. The Balaban J connectivity index is 0.00000225.